The largest absolute Gasteiger partial charge is 0.388 e. The maximum atomic E-state index is 10.2. The second-order valence-corrected chi connectivity index (χ2v) is 5.90. The lowest BCUT2D eigenvalue weighted by atomic mass is 10.0. The first kappa shape index (κ1) is 13.6. The van der Waals surface area contributed by atoms with Gasteiger partial charge in [-0.3, -0.25) is 0 Å². The minimum Gasteiger partial charge on any atom is -0.388 e. The highest BCUT2D eigenvalue weighted by atomic mass is 16.3. The van der Waals surface area contributed by atoms with Gasteiger partial charge in [0.2, 0.25) is 0 Å². The first-order valence-electron chi connectivity index (χ1n) is 7.00. The van der Waals surface area contributed by atoms with E-state index >= 15 is 0 Å². The van der Waals surface area contributed by atoms with Crippen LogP contribution in [0.5, 0.6) is 0 Å². The van der Waals surface area contributed by atoms with Crippen LogP contribution in [0.4, 0.5) is 0 Å². The summed E-state index contributed by atoms with van der Waals surface area (Å²) in [6.07, 6.45) is 1.87. The summed E-state index contributed by atoms with van der Waals surface area (Å²) in [5.41, 5.74) is 2.26. The fraction of sp³-hybridized carbons (Fsp3) is 0.625. The van der Waals surface area contributed by atoms with Gasteiger partial charge in [0.15, 0.2) is 0 Å². The highest BCUT2D eigenvalue weighted by Gasteiger charge is 2.32. The van der Waals surface area contributed by atoms with Crippen molar-refractivity contribution >= 4 is 0 Å². The van der Waals surface area contributed by atoms with E-state index in [0.717, 1.165) is 30.4 Å². The zero-order valence-electron chi connectivity index (χ0n) is 11.8. The van der Waals surface area contributed by atoms with Crippen molar-refractivity contribution in [3.63, 3.8) is 0 Å². The van der Waals surface area contributed by atoms with Gasteiger partial charge < -0.3 is 10.0 Å². The van der Waals surface area contributed by atoms with E-state index < -0.39 is 0 Å². The minimum atomic E-state index is -0.328. The molecule has 0 amide bonds. The molecule has 18 heavy (non-hydrogen) atoms. The van der Waals surface area contributed by atoms with Gasteiger partial charge in [0.1, 0.15) is 0 Å². The molecule has 2 heteroatoms. The number of aliphatic hydroxyl groups excluding tert-OH is 1. The second-order valence-electron chi connectivity index (χ2n) is 5.90. The summed E-state index contributed by atoms with van der Waals surface area (Å²) in [5, 5.41) is 10.2. The summed E-state index contributed by atoms with van der Waals surface area (Å²) >= 11 is 0. The fourth-order valence-electron chi connectivity index (χ4n) is 2.60. The van der Waals surface area contributed by atoms with Crippen LogP contribution in [0.3, 0.4) is 0 Å². The lowest BCUT2D eigenvalue weighted by Gasteiger charge is -2.20. The standard InChI is InChI=1S/C16H25NO/c1-12-6-4-5-7-15(12)16(18)8-9-17(3)11-14-10-13(14)2/h4-7,13-14,16,18H,8-11H2,1-3H3. The summed E-state index contributed by atoms with van der Waals surface area (Å²) < 4.78 is 0. The van der Waals surface area contributed by atoms with Crippen LogP contribution in [0.15, 0.2) is 24.3 Å². The van der Waals surface area contributed by atoms with Crippen molar-refractivity contribution in [2.75, 3.05) is 20.1 Å². The first-order chi connectivity index (χ1) is 8.58. The molecule has 0 radical (unpaired) electrons. The smallest absolute Gasteiger partial charge is 0.0804 e. The molecule has 0 heterocycles. The first-order valence-corrected chi connectivity index (χ1v) is 7.00. The Morgan fingerprint density at radius 3 is 2.67 bits per heavy atom. The molecule has 0 saturated heterocycles. The number of rotatable bonds is 6. The number of aliphatic hydroxyl groups is 1. The Morgan fingerprint density at radius 1 is 1.39 bits per heavy atom. The van der Waals surface area contributed by atoms with Crippen molar-refractivity contribution in [2.24, 2.45) is 11.8 Å². The van der Waals surface area contributed by atoms with Gasteiger partial charge in [-0.1, -0.05) is 31.2 Å². The van der Waals surface area contributed by atoms with Crippen molar-refractivity contribution in [1.29, 1.82) is 0 Å². The van der Waals surface area contributed by atoms with Crippen molar-refractivity contribution in [3.8, 4) is 0 Å². The van der Waals surface area contributed by atoms with Gasteiger partial charge in [0, 0.05) is 13.1 Å². The molecule has 1 aromatic rings. The Morgan fingerprint density at radius 2 is 2.06 bits per heavy atom. The molecule has 0 spiro atoms. The van der Waals surface area contributed by atoms with E-state index in [1.807, 2.05) is 18.2 Å². The van der Waals surface area contributed by atoms with Crippen LogP contribution >= 0.6 is 0 Å². The van der Waals surface area contributed by atoms with Crippen LogP contribution in [0.1, 0.15) is 37.0 Å². The van der Waals surface area contributed by atoms with E-state index in [4.69, 9.17) is 0 Å². The van der Waals surface area contributed by atoms with Crippen LogP contribution in [0.25, 0.3) is 0 Å². The predicted molar refractivity (Wildman–Crippen MR) is 75.5 cm³/mol. The summed E-state index contributed by atoms with van der Waals surface area (Å²) in [6.45, 7) is 6.54. The van der Waals surface area contributed by atoms with Crippen LogP contribution < -0.4 is 0 Å². The third kappa shape index (κ3) is 3.56. The molecule has 3 atom stereocenters. The number of hydrogen-bond acceptors (Lipinski definition) is 2. The summed E-state index contributed by atoms with van der Waals surface area (Å²) in [5.74, 6) is 1.80. The Bertz CT molecular complexity index is 390. The van der Waals surface area contributed by atoms with Gasteiger partial charge in [-0.25, -0.2) is 0 Å². The van der Waals surface area contributed by atoms with Gasteiger partial charge in [-0.05, 0) is 49.8 Å². The molecular formula is C16H25NO. The molecule has 0 aliphatic heterocycles. The Kier molecular flexibility index (Phi) is 4.41. The van der Waals surface area contributed by atoms with Gasteiger partial charge in [-0.2, -0.15) is 0 Å². The van der Waals surface area contributed by atoms with Crippen LogP contribution in [-0.2, 0) is 0 Å². The second kappa shape index (κ2) is 5.85. The third-order valence-corrected chi connectivity index (χ3v) is 4.15. The summed E-state index contributed by atoms with van der Waals surface area (Å²) in [4.78, 5) is 2.36. The van der Waals surface area contributed by atoms with Crippen LogP contribution in [0, 0.1) is 18.8 Å². The van der Waals surface area contributed by atoms with E-state index in [9.17, 15) is 5.11 Å². The molecular weight excluding hydrogens is 222 g/mol. The third-order valence-electron chi connectivity index (χ3n) is 4.15. The van der Waals surface area contributed by atoms with E-state index in [-0.39, 0.29) is 6.10 Å². The molecule has 1 saturated carbocycles. The SMILES string of the molecule is Cc1ccccc1C(O)CCN(C)CC1CC1C. The molecule has 0 aromatic heterocycles. The van der Waals surface area contributed by atoms with Gasteiger partial charge in [-0.15, -0.1) is 0 Å². The van der Waals surface area contributed by atoms with Crippen molar-refractivity contribution in [3.05, 3.63) is 35.4 Å². The minimum absolute atomic E-state index is 0.328. The molecule has 1 aromatic carbocycles. The Balaban J connectivity index is 1.77. The topological polar surface area (TPSA) is 23.5 Å². The molecule has 1 aliphatic rings. The monoisotopic (exact) mass is 247 g/mol. The maximum absolute atomic E-state index is 10.2. The van der Waals surface area contributed by atoms with E-state index in [2.05, 4.69) is 31.9 Å². The average Bonchev–Trinajstić information content (AvgIpc) is 3.02. The van der Waals surface area contributed by atoms with Crippen molar-refractivity contribution in [1.82, 2.24) is 4.90 Å². The molecule has 1 aliphatic carbocycles. The molecule has 0 bridgehead atoms. The van der Waals surface area contributed by atoms with Gasteiger partial charge >= 0.3 is 0 Å². The average molecular weight is 247 g/mol. The molecule has 2 nitrogen and oxygen atoms in total. The lowest BCUT2D eigenvalue weighted by Crippen LogP contribution is -2.24. The van der Waals surface area contributed by atoms with Crippen LogP contribution in [0.2, 0.25) is 0 Å². The Hall–Kier alpha value is -0.860. The fourth-order valence-corrected chi connectivity index (χ4v) is 2.60. The molecule has 1 fully saturated rings. The maximum Gasteiger partial charge on any atom is 0.0804 e. The van der Waals surface area contributed by atoms with Crippen LogP contribution in [-0.4, -0.2) is 30.1 Å². The zero-order valence-corrected chi connectivity index (χ0v) is 11.8. The van der Waals surface area contributed by atoms with Crippen molar-refractivity contribution < 1.29 is 5.11 Å². The lowest BCUT2D eigenvalue weighted by molar-refractivity contribution is 0.147. The molecule has 100 valence electrons. The number of nitrogens with zero attached hydrogens (tertiary/aromatic N) is 1. The highest BCUT2D eigenvalue weighted by Crippen LogP contribution is 2.38. The quantitative estimate of drug-likeness (QED) is 0.835. The van der Waals surface area contributed by atoms with Crippen molar-refractivity contribution in [2.45, 2.75) is 32.8 Å². The Labute approximate surface area is 111 Å². The normalized spacial score (nSPS) is 24.3. The molecule has 3 unspecified atom stereocenters. The van der Waals surface area contributed by atoms with E-state index in [0.29, 0.717) is 0 Å². The zero-order chi connectivity index (χ0) is 13.1. The number of benzene rings is 1. The summed E-state index contributed by atoms with van der Waals surface area (Å²) in [7, 11) is 2.16. The number of hydrogen-bond donors (Lipinski definition) is 1. The summed E-state index contributed by atoms with van der Waals surface area (Å²) in [6, 6.07) is 8.12. The number of aryl methyl sites for hydroxylation is 1. The highest BCUT2D eigenvalue weighted by molar-refractivity contribution is 5.27. The van der Waals surface area contributed by atoms with Gasteiger partial charge in [0.05, 0.1) is 6.10 Å². The molecule has 2 rings (SSSR count). The van der Waals surface area contributed by atoms with Gasteiger partial charge in [0.25, 0.3) is 0 Å². The van der Waals surface area contributed by atoms with E-state index in [1.54, 1.807) is 0 Å². The predicted octanol–water partition coefficient (Wildman–Crippen LogP) is 3.01. The van der Waals surface area contributed by atoms with E-state index in [1.165, 1.54) is 18.5 Å². The molecule has 1 N–H and O–H groups in total.